The number of ether oxygens (including phenoxy) is 2. The number of aromatic nitrogens is 2. The molecule has 0 radical (unpaired) electrons. The molecule has 2 atom stereocenters. The second-order valence-corrected chi connectivity index (χ2v) is 5.45. The van der Waals surface area contributed by atoms with Gasteiger partial charge in [-0.25, -0.2) is 4.98 Å². The Labute approximate surface area is 120 Å². The molecule has 3 rings (SSSR count). The predicted octanol–water partition coefficient (Wildman–Crippen LogP) is 3.60. The largest absolute Gasteiger partial charge is 0.495 e. The average molecular weight is 323 g/mol. The minimum Gasteiger partial charge on any atom is -0.495 e. The molecule has 5 heteroatoms. The molecule has 0 saturated heterocycles. The maximum atomic E-state index is 6.08. The minimum atomic E-state index is -0.181. The fraction of sp³-hybridized carbons (Fsp3) is 0.357. The van der Waals surface area contributed by atoms with Crippen LogP contribution in [0, 0.1) is 6.92 Å². The summed E-state index contributed by atoms with van der Waals surface area (Å²) in [6.45, 7) is 4.02. The summed E-state index contributed by atoms with van der Waals surface area (Å²) in [4.78, 5) is 4.27. The molecule has 19 heavy (non-hydrogen) atoms. The van der Waals surface area contributed by atoms with Crippen molar-refractivity contribution in [2.75, 3.05) is 7.11 Å². The summed E-state index contributed by atoms with van der Waals surface area (Å²) in [5.74, 6) is 1.76. The molecule has 1 aliphatic heterocycles. The van der Waals surface area contributed by atoms with Gasteiger partial charge in [0, 0.05) is 12.4 Å². The monoisotopic (exact) mass is 322 g/mol. The highest BCUT2D eigenvalue weighted by atomic mass is 79.9. The lowest BCUT2D eigenvalue weighted by Gasteiger charge is -2.18. The molecule has 2 aromatic rings. The predicted molar refractivity (Wildman–Crippen MR) is 75.3 cm³/mol. The summed E-state index contributed by atoms with van der Waals surface area (Å²) in [6.07, 6.45) is 3.58. The zero-order valence-corrected chi connectivity index (χ0v) is 12.6. The molecule has 1 aromatic heterocycles. The number of hydrogen-bond donors (Lipinski definition) is 0. The van der Waals surface area contributed by atoms with Gasteiger partial charge in [0.2, 0.25) is 0 Å². The normalized spacial score (nSPS) is 21.5. The summed E-state index contributed by atoms with van der Waals surface area (Å²) in [5, 5.41) is 0. The van der Waals surface area contributed by atoms with Crippen molar-refractivity contribution in [3.63, 3.8) is 0 Å². The van der Waals surface area contributed by atoms with Crippen LogP contribution in [0.1, 0.15) is 36.2 Å². The van der Waals surface area contributed by atoms with Crippen LogP contribution in [0.25, 0.3) is 0 Å². The van der Waals surface area contributed by atoms with Crippen LogP contribution in [0.15, 0.2) is 29.0 Å². The van der Waals surface area contributed by atoms with E-state index in [1.807, 2.05) is 23.8 Å². The zero-order valence-electron chi connectivity index (χ0n) is 11.1. The topological polar surface area (TPSA) is 36.3 Å². The Kier molecular flexibility index (Phi) is 3.11. The highest BCUT2D eigenvalue weighted by Gasteiger charge is 2.34. The number of methoxy groups -OCH3 is 1. The van der Waals surface area contributed by atoms with Crippen molar-refractivity contribution >= 4 is 15.9 Å². The molecule has 0 saturated carbocycles. The molecule has 0 fully saturated rings. The van der Waals surface area contributed by atoms with Crippen LogP contribution in [-0.2, 0) is 4.74 Å². The molecule has 1 aromatic carbocycles. The van der Waals surface area contributed by atoms with Crippen molar-refractivity contribution in [2.24, 2.45) is 0 Å². The van der Waals surface area contributed by atoms with Crippen molar-refractivity contribution in [2.45, 2.75) is 26.2 Å². The molecule has 0 N–H and O–H groups in total. The SMILES string of the molecule is COc1c(Br)ccc2c1C(n1ccnc1C)OC2C. The highest BCUT2D eigenvalue weighted by molar-refractivity contribution is 9.10. The van der Waals surface area contributed by atoms with E-state index in [1.54, 1.807) is 13.3 Å². The first-order valence-corrected chi connectivity index (χ1v) is 6.94. The number of nitrogens with zero attached hydrogens (tertiary/aromatic N) is 2. The van der Waals surface area contributed by atoms with Crippen molar-refractivity contribution in [1.29, 1.82) is 0 Å². The number of halogens is 1. The Hall–Kier alpha value is -1.33. The molecule has 4 nitrogen and oxygen atoms in total. The summed E-state index contributed by atoms with van der Waals surface area (Å²) in [5.41, 5.74) is 2.24. The molecule has 0 bridgehead atoms. The maximum Gasteiger partial charge on any atom is 0.165 e. The number of imidazole rings is 1. The van der Waals surface area contributed by atoms with E-state index in [4.69, 9.17) is 9.47 Å². The third kappa shape index (κ3) is 1.88. The summed E-state index contributed by atoms with van der Waals surface area (Å²) >= 11 is 3.53. The Morgan fingerprint density at radius 2 is 2.21 bits per heavy atom. The molecule has 1 aliphatic rings. The first-order valence-electron chi connectivity index (χ1n) is 6.14. The summed E-state index contributed by atoms with van der Waals surface area (Å²) < 4.78 is 14.6. The van der Waals surface area contributed by atoms with Gasteiger partial charge < -0.3 is 14.0 Å². The molecule has 0 spiro atoms. The van der Waals surface area contributed by atoms with E-state index in [1.165, 1.54) is 0 Å². The van der Waals surface area contributed by atoms with Crippen LogP contribution < -0.4 is 4.74 Å². The van der Waals surface area contributed by atoms with E-state index < -0.39 is 0 Å². The van der Waals surface area contributed by atoms with Crippen LogP contribution >= 0.6 is 15.9 Å². The van der Waals surface area contributed by atoms with Gasteiger partial charge in [-0.1, -0.05) is 6.07 Å². The zero-order chi connectivity index (χ0) is 13.6. The lowest BCUT2D eigenvalue weighted by Crippen LogP contribution is -2.11. The van der Waals surface area contributed by atoms with Crippen LogP contribution in [0.3, 0.4) is 0 Å². The lowest BCUT2D eigenvalue weighted by atomic mass is 10.0. The first kappa shape index (κ1) is 12.7. The Morgan fingerprint density at radius 3 is 2.84 bits per heavy atom. The van der Waals surface area contributed by atoms with Gasteiger partial charge in [0.05, 0.1) is 23.2 Å². The standard InChI is InChI=1S/C14H15BrN2O2/c1-8-10-4-5-11(15)13(18-3)12(10)14(19-8)17-7-6-16-9(17)2/h4-8,14H,1-3H3. The Bertz CT molecular complexity index is 624. The number of benzene rings is 1. The maximum absolute atomic E-state index is 6.08. The first-order chi connectivity index (χ1) is 9.13. The third-order valence-corrected chi connectivity index (χ3v) is 4.14. The van der Waals surface area contributed by atoms with Crippen molar-refractivity contribution < 1.29 is 9.47 Å². The number of rotatable bonds is 2. The van der Waals surface area contributed by atoms with E-state index in [0.717, 1.165) is 27.2 Å². The van der Waals surface area contributed by atoms with Gasteiger partial charge >= 0.3 is 0 Å². The van der Waals surface area contributed by atoms with Gasteiger partial charge in [-0.2, -0.15) is 0 Å². The van der Waals surface area contributed by atoms with Crippen LogP contribution in [0.2, 0.25) is 0 Å². The highest BCUT2D eigenvalue weighted by Crippen LogP contribution is 2.47. The van der Waals surface area contributed by atoms with E-state index >= 15 is 0 Å². The molecule has 2 heterocycles. The average Bonchev–Trinajstić information content (AvgIpc) is 2.94. The third-order valence-electron chi connectivity index (χ3n) is 3.52. The summed E-state index contributed by atoms with van der Waals surface area (Å²) in [7, 11) is 1.68. The smallest absolute Gasteiger partial charge is 0.165 e. The van der Waals surface area contributed by atoms with Crippen LogP contribution in [-0.4, -0.2) is 16.7 Å². The molecule has 0 aliphatic carbocycles. The molecular weight excluding hydrogens is 308 g/mol. The van der Waals surface area contributed by atoms with E-state index in [-0.39, 0.29) is 12.3 Å². The number of fused-ring (bicyclic) bond motifs is 1. The van der Waals surface area contributed by atoms with Gasteiger partial charge in [0.15, 0.2) is 6.23 Å². The number of aryl methyl sites for hydroxylation is 1. The van der Waals surface area contributed by atoms with Crippen molar-refractivity contribution in [3.8, 4) is 5.75 Å². The number of hydrogen-bond acceptors (Lipinski definition) is 3. The fourth-order valence-corrected chi connectivity index (χ4v) is 3.09. The van der Waals surface area contributed by atoms with E-state index in [0.29, 0.717) is 0 Å². The quantitative estimate of drug-likeness (QED) is 0.847. The fourth-order valence-electron chi connectivity index (χ4n) is 2.58. The molecule has 0 amide bonds. The minimum absolute atomic E-state index is 0.0452. The van der Waals surface area contributed by atoms with Crippen LogP contribution in [0.4, 0.5) is 0 Å². The van der Waals surface area contributed by atoms with Gasteiger partial charge in [0.1, 0.15) is 11.6 Å². The van der Waals surface area contributed by atoms with Crippen molar-refractivity contribution in [1.82, 2.24) is 9.55 Å². The molecular formula is C14H15BrN2O2. The molecule has 2 unspecified atom stereocenters. The second kappa shape index (κ2) is 4.65. The second-order valence-electron chi connectivity index (χ2n) is 4.60. The lowest BCUT2D eigenvalue weighted by molar-refractivity contribution is 0.00278. The van der Waals surface area contributed by atoms with Gasteiger partial charge in [0.25, 0.3) is 0 Å². The Morgan fingerprint density at radius 1 is 1.42 bits per heavy atom. The van der Waals surface area contributed by atoms with Crippen molar-refractivity contribution in [3.05, 3.63) is 46.0 Å². The van der Waals surface area contributed by atoms with Gasteiger partial charge in [-0.05, 0) is 41.4 Å². The van der Waals surface area contributed by atoms with E-state index in [2.05, 4.69) is 33.9 Å². The van der Waals surface area contributed by atoms with Gasteiger partial charge in [-0.15, -0.1) is 0 Å². The Balaban J connectivity index is 2.20. The van der Waals surface area contributed by atoms with Gasteiger partial charge in [-0.3, -0.25) is 0 Å². The summed E-state index contributed by atoms with van der Waals surface area (Å²) in [6, 6.07) is 4.08. The van der Waals surface area contributed by atoms with Crippen LogP contribution in [0.5, 0.6) is 5.75 Å². The van der Waals surface area contributed by atoms with E-state index in [9.17, 15) is 0 Å². The molecule has 100 valence electrons.